The van der Waals surface area contributed by atoms with Gasteiger partial charge in [0, 0.05) is 27.9 Å². The van der Waals surface area contributed by atoms with Crippen molar-refractivity contribution in [2.75, 3.05) is 0 Å². The van der Waals surface area contributed by atoms with Crippen molar-refractivity contribution in [1.82, 2.24) is 4.98 Å². The highest BCUT2D eigenvalue weighted by Gasteiger charge is 2.20. The van der Waals surface area contributed by atoms with Crippen LogP contribution >= 0.6 is 0 Å². The maximum Gasteiger partial charge on any atom is 0.144 e. The molecule has 5 rings (SSSR count). The molecule has 2 heterocycles. The van der Waals surface area contributed by atoms with E-state index in [-0.39, 0.29) is 11.2 Å². The molecule has 0 atom stereocenters. The van der Waals surface area contributed by atoms with E-state index in [1.54, 1.807) is 6.07 Å². The van der Waals surface area contributed by atoms with Crippen molar-refractivity contribution < 1.29 is 8.81 Å². The van der Waals surface area contributed by atoms with Crippen LogP contribution in [-0.4, -0.2) is 4.98 Å². The standard InChI is InChI=1S/C29H28FNO/c1-17(2)18-12-24-21-8-6-7-9-26(21)32-28(24)25(13-18)27-22-11-10-20(30)14-23(22)19(16-31-27)15-29(3,4)5/h6-14,16-17H,15H2,1-5H3. The van der Waals surface area contributed by atoms with Gasteiger partial charge in [-0.25, -0.2) is 4.39 Å². The van der Waals surface area contributed by atoms with Crippen molar-refractivity contribution in [3.8, 4) is 11.3 Å². The van der Waals surface area contributed by atoms with Crippen LogP contribution in [0.4, 0.5) is 4.39 Å². The Kier molecular flexibility index (Phi) is 4.81. The first kappa shape index (κ1) is 20.7. The number of hydrogen-bond donors (Lipinski definition) is 0. The van der Waals surface area contributed by atoms with Gasteiger partial charge in [0.1, 0.15) is 17.0 Å². The van der Waals surface area contributed by atoms with Crippen LogP contribution in [0.1, 0.15) is 51.7 Å². The summed E-state index contributed by atoms with van der Waals surface area (Å²) in [4.78, 5) is 4.93. The Morgan fingerprint density at radius 1 is 0.906 bits per heavy atom. The molecule has 0 amide bonds. The number of furan rings is 1. The third-order valence-corrected chi connectivity index (χ3v) is 6.08. The van der Waals surface area contributed by atoms with E-state index < -0.39 is 0 Å². The number of aromatic nitrogens is 1. The van der Waals surface area contributed by atoms with Gasteiger partial charge in [-0.05, 0) is 70.7 Å². The summed E-state index contributed by atoms with van der Waals surface area (Å²) in [6, 6.07) is 17.6. The Balaban J connectivity index is 1.86. The fraction of sp³-hybridized carbons (Fsp3) is 0.276. The number of fused-ring (bicyclic) bond motifs is 4. The lowest BCUT2D eigenvalue weighted by atomic mass is 9.86. The van der Waals surface area contributed by atoms with E-state index in [4.69, 9.17) is 9.40 Å². The van der Waals surface area contributed by atoms with E-state index in [9.17, 15) is 4.39 Å². The molecule has 0 radical (unpaired) electrons. The van der Waals surface area contributed by atoms with Crippen molar-refractivity contribution in [2.24, 2.45) is 5.41 Å². The summed E-state index contributed by atoms with van der Waals surface area (Å²) >= 11 is 0. The van der Waals surface area contributed by atoms with Crippen LogP contribution in [0.2, 0.25) is 0 Å². The predicted molar refractivity (Wildman–Crippen MR) is 132 cm³/mol. The van der Waals surface area contributed by atoms with E-state index in [2.05, 4.69) is 52.8 Å². The van der Waals surface area contributed by atoms with Gasteiger partial charge in [-0.1, -0.05) is 52.8 Å². The molecule has 0 aliphatic heterocycles. The molecule has 0 aliphatic carbocycles. The van der Waals surface area contributed by atoms with Crippen molar-refractivity contribution >= 4 is 32.7 Å². The van der Waals surface area contributed by atoms with Crippen molar-refractivity contribution in [2.45, 2.75) is 47.0 Å². The highest BCUT2D eigenvalue weighted by Crippen LogP contribution is 2.40. The lowest BCUT2D eigenvalue weighted by molar-refractivity contribution is 0.412. The second-order valence-corrected chi connectivity index (χ2v) is 10.3. The molecule has 0 bridgehead atoms. The van der Waals surface area contributed by atoms with Gasteiger partial charge >= 0.3 is 0 Å². The highest BCUT2D eigenvalue weighted by molar-refractivity contribution is 6.12. The maximum absolute atomic E-state index is 14.3. The topological polar surface area (TPSA) is 26.0 Å². The summed E-state index contributed by atoms with van der Waals surface area (Å²) in [5.74, 6) is 0.130. The molecular weight excluding hydrogens is 397 g/mol. The number of pyridine rings is 1. The molecule has 0 aliphatic rings. The zero-order valence-corrected chi connectivity index (χ0v) is 19.3. The molecule has 0 saturated heterocycles. The number of para-hydroxylation sites is 1. The van der Waals surface area contributed by atoms with E-state index in [1.807, 2.05) is 30.5 Å². The third-order valence-electron chi connectivity index (χ3n) is 6.08. The van der Waals surface area contributed by atoms with E-state index in [1.165, 1.54) is 11.6 Å². The van der Waals surface area contributed by atoms with Crippen LogP contribution in [0.15, 0.2) is 65.2 Å². The summed E-state index contributed by atoms with van der Waals surface area (Å²) in [5.41, 5.74) is 5.87. The summed E-state index contributed by atoms with van der Waals surface area (Å²) in [6.07, 6.45) is 2.74. The van der Waals surface area contributed by atoms with Gasteiger partial charge in [-0.3, -0.25) is 4.98 Å². The second-order valence-electron chi connectivity index (χ2n) is 10.3. The number of nitrogens with zero attached hydrogens (tertiary/aromatic N) is 1. The monoisotopic (exact) mass is 425 g/mol. The number of benzene rings is 3. The minimum Gasteiger partial charge on any atom is -0.455 e. The fourth-order valence-electron chi connectivity index (χ4n) is 4.56. The van der Waals surface area contributed by atoms with Gasteiger partial charge in [-0.15, -0.1) is 0 Å². The Morgan fingerprint density at radius 2 is 1.69 bits per heavy atom. The molecule has 162 valence electrons. The van der Waals surface area contributed by atoms with Gasteiger partial charge in [0.05, 0.1) is 5.69 Å². The average Bonchev–Trinajstić information content (AvgIpc) is 3.11. The molecule has 0 spiro atoms. The van der Waals surface area contributed by atoms with Gasteiger partial charge in [0.15, 0.2) is 0 Å². The normalized spacial score (nSPS) is 12.5. The molecule has 2 nitrogen and oxygen atoms in total. The number of hydrogen-bond acceptors (Lipinski definition) is 2. The van der Waals surface area contributed by atoms with Gasteiger partial charge in [-0.2, -0.15) is 0 Å². The summed E-state index contributed by atoms with van der Waals surface area (Å²) in [7, 11) is 0. The van der Waals surface area contributed by atoms with Crippen molar-refractivity contribution in [3.63, 3.8) is 0 Å². The van der Waals surface area contributed by atoms with Gasteiger partial charge in [0.25, 0.3) is 0 Å². The van der Waals surface area contributed by atoms with Crippen molar-refractivity contribution in [3.05, 3.63) is 77.7 Å². The molecule has 0 saturated carbocycles. The molecular formula is C29H28FNO. The van der Waals surface area contributed by atoms with Crippen LogP contribution in [-0.2, 0) is 6.42 Å². The molecule has 0 unspecified atom stereocenters. The van der Waals surface area contributed by atoms with Crippen molar-refractivity contribution in [1.29, 1.82) is 0 Å². The predicted octanol–water partition coefficient (Wildman–Crippen LogP) is 8.65. The van der Waals surface area contributed by atoms with E-state index in [0.29, 0.717) is 5.92 Å². The maximum atomic E-state index is 14.3. The SMILES string of the molecule is CC(C)c1cc(-c2ncc(CC(C)(C)C)c3cc(F)ccc23)c2oc3ccccc3c2c1. The molecule has 3 aromatic carbocycles. The van der Waals surface area contributed by atoms with Crippen LogP contribution in [0.3, 0.4) is 0 Å². The van der Waals surface area contributed by atoms with Gasteiger partial charge < -0.3 is 4.42 Å². The van der Waals surface area contributed by atoms with Crippen LogP contribution < -0.4 is 0 Å². The quantitative estimate of drug-likeness (QED) is 0.289. The van der Waals surface area contributed by atoms with E-state index >= 15 is 0 Å². The zero-order chi connectivity index (χ0) is 22.6. The Morgan fingerprint density at radius 3 is 2.44 bits per heavy atom. The van der Waals surface area contributed by atoms with Crippen LogP contribution in [0.25, 0.3) is 44.0 Å². The van der Waals surface area contributed by atoms with Crippen LogP contribution in [0.5, 0.6) is 0 Å². The lowest BCUT2D eigenvalue weighted by Crippen LogP contribution is -2.10. The minimum absolute atomic E-state index is 0.0754. The minimum atomic E-state index is -0.227. The first-order valence-electron chi connectivity index (χ1n) is 11.2. The smallest absolute Gasteiger partial charge is 0.144 e. The second kappa shape index (κ2) is 7.44. The fourth-order valence-corrected chi connectivity index (χ4v) is 4.56. The largest absolute Gasteiger partial charge is 0.455 e. The molecule has 5 aromatic rings. The molecule has 2 aromatic heterocycles. The highest BCUT2D eigenvalue weighted by atomic mass is 19.1. The summed E-state index contributed by atoms with van der Waals surface area (Å²) in [6.45, 7) is 11.0. The molecule has 3 heteroatoms. The summed E-state index contributed by atoms with van der Waals surface area (Å²) < 4.78 is 20.6. The Hall–Kier alpha value is -3.20. The third kappa shape index (κ3) is 3.56. The Bertz CT molecular complexity index is 1470. The number of halogens is 1. The molecule has 32 heavy (non-hydrogen) atoms. The molecule has 0 fully saturated rings. The number of rotatable bonds is 3. The average molecular weight is 426 g/mol. The van der Waals surface area contributed by atoms with E-state index in [0.717, 1.165) is 56.0 Å². The van der Waals surface area contributed by atoms with Gasteiger partial charge in [0.2, 0.25) is 0 Å². The first-order valence-corrected chi connectivity index (χ1v) is 11.2. The zero-order valence-electron chi connectivity index (χ0n) is 19.3. The summed E-state index contributed by atoms with van der Waals surface area (Å²) in [5, 5.41) is 4.07. The first-order chi connectivity index (χ1) is 15.2. The lowest BCUT2D eigenvalue weighted by Gasteiger charge is -2.20. The van der Waals surface area contributed by atoms with Crippen LogP contribution in [0, 0.1) is 11.2 Å². The Labute approximate surface area is 188 Å². The molecule has 0 N–H and O–H groups in total.